The molecule has 2 heteroatoms. The Morgan fingerprint density at radius 1 is 1.31 bits per heavy atom. The summed E-state index contributed by atoms with van der Waals surface area (Å²) in [7, 11) is 0. The summed E-state index contributed by atoms with van der Waals surface area (Å²) in [6, 6.07) is 6.78. The van der Waals surface area contributed by atoms with E-state index in [2.05, 4.69) is 50.3 Å². The van der Waals surface area contributed by atoms with Crippen molar-refractivity contribution in [3.8, 4) is 0 Å². The lowest BCUT2D eigenvalue weighted by atomic mass is 10.2. The van der Waals surface area contributed by atoms with Crippen LogP contribution in [0.3, 0.4) is 0 Å². The number of rotatable bonds is 1. The maximum atomic E-state index is 4.47. The van der Waals surface area contributed by atoms with Gasteiger partial charge in [-0.25, -0.2) is 0 Å². The van der Waals surface area contributed by atoms with Crippen LogP contribution in [0.15, 0.2) is 24.4 Å². The van der Waals surface area contributed by atoms with E-state index in [-0.39, 0.29) is 0 Å². The van der Waals surface area contributed by atoms with Gasteiger partial charge in [0.05, 0.1) is 5.52 Å². The molecule has 0 amide bonds. The quantitative estimate of drug-likeness (QED) is 0.650. The van der Waals surface area contributed by atoms with Gasteiger partial charge in [0.2, 0.25) is 0 Å². The largest absolute Gasteiger partial charge is 0.269 e. The van der Waals surface area contributed by atoms with E-state index in [4.69, 9.17) is 0 Å². The third-order valence-electron chi connectivity index (χ3n) is 2.21. The summed E-state index contributed by atoms with van der Waals surface area (Å²) in [6.07, 6.45) is 2.10. The van der Waals surface area contributed by atoms with E-state index in [1.54, 1.807) is 0 Å². The molecule has 1 aromatic heterocycles. The average Bonchev–Trinajstić information content (AvgIpc) is 2.46. The lowest BCUT2D eigenvalue weighted by Crippen LogP contribution is -1.99. The highest BCUT2D eigenvalue weighted by Gasteiger charge is 2.02. The van der Waals surface area contributed by atoms with E-state index >= 15 is 0 Å². The summed E-state index contributed by atoms with van der Waals surface area (Å²) in [5.74, 6) is 0. The van der Waals surface area contributed by atoms with Crippen molar-refractivity contribution in [1.29, 1.82) is 0 Å². The summed E-state index contributed by atoms with van der Waals surface area (Å²) in [6.45, 7) is 6.38. The van der Waals surface area contributed by atoms with Gasteiger partial charge in [-0.15, -0.1) is 0 Å². The first kappa shape index (κ1) is 8.30. The van der Waals surface area contributed by atoms with Gasteiger partial charge in [-0.05, 0) is 32.9 Å². The van der Waals surface area contributed by atoms with Crippen LogP contribution in [0.5, 0.6) is 0 Å². The van der Waals surface area contributed by atoms with Crippen LogP contribution >= 0.6 is 0 Å². The Balaban J connectivity index is 2.62. The Kier molecular flexibility index (Phi) is 1.83. The SMILES string of the molecule is Cc1ccc2nn(C(C)C)cc2c1. The molecule has 0 atom stereocenters. The van der Waals surface area contributed by atoms with Crippen molar-refractivity contribution in [3.05, 3.63) is 30.0 Å². The molecule has 0 aliphatic heterocycles. The van der Waals surface area contributed by atoms with E-state index in [0.29, 0.717) is 6.04 Å². The van der Waals surface area contributed by atoms with Crippen LogP contribution in [-0.2, 0) is 0 Å². The summed E-state index contributed by atoms with van der Waals surface area (Å²) >= 11 is 0. The summed E-state index contributed by atoms with van der Waals surface area (Å²) in [4.78, 5) is 0. The maximum Gasteiger partial charge on any atom is 0.0923 e. The van der Waals surface area contributed by atoms with Crippen LogP contribution in [0, 0.1) is 6.92 Å². The van der Waals surface area contributed by atoms with E-state index in [1.807, 2.05) is 4.68 Å². The summed E-state index contributed by atoms with van der Waals surface area (Å²) in [5, 5.41) is 5.70. The zero-order chi connectivity index (χ0) is 9.42. The Labute approximate surface area is 78.2 Å². The van der Waals surface area contributed by atoms with Gasteiger partial charge in [0, 0.05) is 17.6 Å². The molecule has 0 aliphatic rings. The molecule has 13 heavy (non-hydrogen) atoms. The first-order valence-corrected chi connectivity index (χ1v) is 4.62. The molecule has 0 radical (unpaired) electrons. The second-order valence-electron chi connectivity index (χ2n) is 3.77. The van der Waals surface area contributed by atoms with Gasteiger partial charge in [0.1, 0.15) is 0 Å². The van der Waals surface area contributed by atoms with Crippen LogP contribution in [0.4, 0.5) is 0 Å². The van der Waals surface area contributed by atoms with E-state index in [1.165, 1.54) is 10.9 Å². The van der Waals surface area contributed by atoms with Crippen LogP contribution in [-0.4, -0.2) is 9.78 Å². The number of hydrogen-bond acceptors (Lipinski definition) is 1. The molecule has 1 aromatic carbocycles. The molecule has 0 unspecified atom stereocenters. The van der Waals surface area contributed by atoms with Gasteiger partial charge < -0.3 is 0 Å². The number of aromatic nitrogens is 2. The highest BCUT2D eigenvalue weighted by molar-refractivity contribution is 5.78. The van der Waals surface area contributed by atoms with Crippen molar-refractivity contribution in [2.75, 3.05) is 0 Å². The highest BCUT2D eigenvalue weighted by Crippen LogP contribution is 2.16. The van der Waals surface area contributed by atoms with Gasteiger partial charge >= 0.3 is 0 Å². The topological polar surface area (TPSA) is 17.8 Å². The predicted molar refractivity (Wildman–Crippen MR) is 54.9 cm³/mol. The van der Waals surface area contributed by atoms with Crippen molar-refractivity contribution in [3.63, 3.8) is 0 Å². The van der Waals surface area contributed by atoms with Gasteiger partial charge in [0.15, 0.2) is 0 Å². The number of nitrogens with zero attached hydrogens (tertiary/aromatic N) is 2. The fraction of sp³-hybridized carbons (Fsp3) is 0.364. The van der Waals surface area contributed by atoms with E-state index in [0.717, 1.165) is 5.52 Å². The molecule has 0 fully saturated rings. The summed E-state index contributed by atoms with van der Waals surface area (Å²) in [5.41, 5.74) is 2.37. The van der Waals surface area contributed by atoms with Gasteiger partial charge in [0.25, 0.3) is 0 Å². The zero-order valence-corrected chi connectivity index (χ0v) is 8.28. The molecule has 2 aromatic rings. The minimum Gasteiger partial charge on any atom is -0.269 e. The maximum absolute atomic E-state index is 4.47. The first-order chi connectivity index (χ1) is 6.16. The zero-order valence-electron chi connectivity index (χ0n) is 8.28. The third kappa shape index (κ3) is 1.44. The van der Waals surface area contributed by atoms with E-state index < -0.39 is 0 Å². The van der Waals surface area contributed by atoms with Crippen LogP contribution in [0.25, 0.3) is 10.9 Å². The lowest BCUT2D eigenvalue weighted by Gasteiger charge is -2.02. The fourth-order valence-electron chi connectivity index (χ4n) is 1.43. The molecule has 1 heterocycles. The molecule has 2 rings (SSSR count). The monoisotopic (exact) mass is 174 g/mol. The Morgan fingerprint density at radius 3 is 2.77 bits per heavy atom. The number of aryl methyl sites for hydroxylation is 1. The minimum atomic E-state index is 0.438. The normalized spacial score (nSPS) is 11.4. The molecule has 0 saturated heterocycles. The van der Waals surface area contributed by atoms with Gasteiger partial charge in [-0.1, -0.05) is 11.6 Å². The molecular weight excluding hydrogens is 160 g/mol. The Morgan fingerprint density at radius 2 is 2.08 bits per heavy atom. The predicted octanol–water partition coefficient (Wildman–Crippen LogP) is 2.93. The van der Waals surface area contributed by atoms with Gasteiger partial charge in [-0.3, -0.25) is 4.68 Å². The fourth-order valence-corrected chi connectivity index (χ4v) is 1.43. The molecule has 0 saturated carbocycles. The van der Waals surface area contributed by atoms with E-state index in [9.17, 15) is 0 Å². The summed E-state index contributed by atoms with van der Waals surface area (Å²) < 4.78 is 2.00. The van der Waals surface area contributed by atoms with Crippen molar-refractivity contribution >= 4 is 10.9 Å². The smallest absolute Gasteiger partial charge is 0.0923 e. The number of benzene rings is 1. The first-order valence-electron chi connectivity index (χ1n) is 4.62. The van der Waals surface area contributed by atoms with Crippen LogP contribution in [0.2, 0.25) is 0 Å². The second kappa shape index (κ2) is 2.87. The molecule has 0 bridgehead atoms. The highest BCUT2D eigenvalue weighted by atomic mass is 15.3. The molecule has 0 spiro atoms. The van der Waals surface area contributed by atoms with Crippen molar-refractivity contribution in [1.82, 2.24) is 9.78 Å². The second-order valence-corrected chi connectivity index (χ2v) is 3.77. The lowest BCUT2D eigenvalue weighted by molar-refractivity contribution is 0.537. The molecule has 0 N–H and O–H groups in total. The number of fused-ring (bicyclic) bond motifs is 1. The average molecular weight is 174 g/mol. The van der Waals surface area contributed by atoms with Crippen molar-refractivity contribution in [2.24, 2.45) is 0 Å². The Bertz CT molecular complexity index is 427. The Hall–Kier alpha value is -1.31. The molecular formula is C11H14N2. The van der Waals surface area contributed by atoms with Crippen molar-refractivity contribution < 1.29 is 0 Å². The molecule has 2 nitrogen and oxygen atoms in total. The molecule has 68 valence electrons. The van der Waals surface area contributed by atoms with Crippen LogP contribution in [0.1, 0.15) is 25.5 Å². The standard InChI is InChI=1S/C11H14N2/c1-8(2)13-7-10-6-9(3)4-5-11(10)12-13/h4-8H,1-3H3. The third-order valence-corrected chi connectivity index (χ3v) is 2.21. The minimum absolute atomic E-state index is 0.438. The van der Waals surface area contributed by atoms with Crippen LogP contribution < -0.4 is 0 Å². The van der Waals surface area contributed by atoms with Crippen molar-refractivity contribution in [2.45, 2.75) is 26.8 Å². The van der Waals surface area contributed by atoms with Gasteiger partial charge in [-0.2, -0.15) is 5.10 Å². The molecule has 0 aliphatic carbocycles. The number of hydrogen-bond donors (Lipinski definition) is 0.